The summed E-state index contributed by atoms with van der Waals surface area (Å²) in [4.78, 5) is 22.6. The average molecular weight is 448 g/mol. The van der Waals surface area contributed by atoms with Crippen LogP contribution in [0.1, 0.15) is 0 Å². The first-order chi connectivity index (χ1) is 14.4. The number of carbonyl (C=O) groups excluding carboxylic acids is 1. The van der Waals surface area contributed by atoms with Crippen LogP contribution in [0, 0.1) is 15.9 Å². The molecule has 0 aliphatic carbocycles. The fraction of sp³-hybridized carbons (Fsp3) is 0.105. The molecule has 0 fully saturated rings. The number of allylic oxidation sites excluding steroid dienone is 1. The Kier molecular flexibility index (Phi) is 6.80. The van der Waals surface area contributed by atoms with Gasteiger partial charge in [-0.15, -0.1) is 16.8 Å². The van der Waals surface area contributed by atoms with Crippen molar-refractivity contribution in [2.24, 2.45) is 0 Å². The SMILES string of the molecule is C=CCn1c(SCC(=O)Nc2cc([N+](=O)[O-])ccc2Cl)nnc1-c1ccccc1F. The van der Waals surface area contributed by atoms with Crippen molar-refractivity contribution < 1.29 is 14.1 Å². The van der Waals surface area contributed by atoms with Crippen LogP contribution in [0.2, 0.25) is 5.02 Å². The van der Waals surface area contributed by atoms with Crippen LogP contribution in [0.4, 0.5) is 15.8 Å². The number of nitro groups is 1. The largest absolute Gasteiger partial charge is 0.324 e. The van der Waals surface area contributed by atoms with E-state index in [1.807, 2.05) is 0 Å². The lowest BCUT2D eigenvalue weighted by atomic mass is 10.2. The maximum absolute atomic E-state index is 14.2. The predicted octanol–water partition coefficient (Wildman–Crippen LogP) is 4.56. The number of nitrogens with zero attached hydrogens (tertiary/aromatic N) is 4. The Morgan fingerprint density at radius 3 is 2.80 bits per heavy atom. The van der Waals surface area contributed by atoms with Gasteiger partial charge in [0.15, 0.2) is 11.0 Å². The number of amides is 1. The zero-order valence-electron chi connectivity index (χ0n) is 15.4. The van der Waals surface area contributed by atoms with Crippen molar-refractivity contribution in [3.63, 3.8) is 0 Å². The Bertz CT molecular complexity index is 1120. The molecule has 0 saturated heterocycles. The number of non-ortho nitro benzene ring substituents is 1. The van der Waals surface area contributed by atoms with Crippen LogP contribution in [-0.4, -0.2) is 31.3 Å². The van der Waals surface area contributed by atoms with E-state index < -0.39 is 16.6 Å². The number of hydrogen-bond acceptors (Lipinski definition) is 6. The molecule has 30 heavy (non-hydrogen) atoms. The van der Waals surface area contributed by atoms with Gasteiger partial charge in [-0.2, -0.15) is 0 Å². The number of hydrogen-bond donors (Lipinski definition) is 1. The maximum Gasteiger partial charge on any atom is 0.271 e. The summed E-state index contributed by atoms with van der Waals surface area (Å²) in [5, 5.41) is 22.1. The van der Waals surface area contributed by atoms with Crippen molar-refractivity contribution >= 4 is 40.6 Å². The van der Waals surface area contributed by atoms with Gasteiger partial charge in [0.2, 0.25) is 5.91 Å². The third-order valence-corrected chi connectivity index (χ3v) is 5.21. The lowest BCUT2D eigenvalue weighted by molar-refractivity contribution is -0.384. The molecule has 3 aromatic rings. The molecule has 1 amide bonds. The third-order valence-electron chi connectivity index (χ3n) is 3.91. The molecular formula is C19H15ClFN5O3S. The highest BCUT2D eigenvalue weighted by molar-refractivity contribution is 7.99. The number of anilines is 1. The van der Waals surface area contributed by atoms with Gasteiger partial charge in [-0.05, 0) is 18.2 Å². The van der Waals surface area contributed by atoms with E-state index in [-0.39, 0.29) is 27.7 Å². The molecule has 1 heterocycles. The van der Waals surface area contributed by atoms with Crippen LogP contribution in [0.5, 0.6) is 0 Å². The molecule has 2 aromatic carbocycles. The van der Waals surface area contributed by atoms with Crippen molar-refractivity contribution in [3.05, 3.63) is 76.1 Å². The number of rotatable bonds is 8. The first kappa shape index (κ1) is 21.5. The summed E-state index contributed by atoms with van der Waals surface area (Å²) in [6.45, 7) is 4.01. The Balaban J connectivity index is 1.75. The second-order valence-corrected chi connectivity index (χ2v) is 7.29. The molecule has 3 rings (SSSR count). The summed E-state index contributed by atoms with van der Waals surface area (Å²) in [5.74, 6) is -0.628. The van der Waals surface area contributed by atoms with Crippen molar-refractivity contribution in [3.8, 4) is 11.4 Å². The molecule has 0 radical (unpaired) electrons. The fourth-order valence-electron chi connectivity index (χ4n) is 2.57. The minimum atomic E-state index is -0.581. The zero-order valence-corrected chi connectivity index (χ0v) is 17.0. The molecular weight excluding hydrogens is 433 g/mol. The second-order valence-electron chi connectivity index (χ2n) is 5.94. The molecule has 0 unspecified atom stereocenters. The van der Waals surface area contributed by atoms with Gasteiger partial charge in [-0.25, -0.2) is 4.39 Å². The Hall–Kier alpha value is -3.24. The van der Waals surface area contributed by atoms with E-state index in [1.165, 1.54) is 24.3 Å². The number of carbonyl (C=O) groups is 1. The molecule has 8 nitrogen and oxygen atoms in total. The highest BCUT2D eigenvalue weighted by atomic mass is 35.5. The normalized spacial score (nSPS) is 10.6. The monoisotopic (exact) mass is 447 g/mol. The third kappa shape index (κ3) is 4.84. The lowest BCUT2D eigenvalue weighted by Gasteiger charge is -2.09. The van der Waals surface area contributed by atoms with Crippen molar-refractivity contribution in [1.29, 1.82) is 0 Å². The molecule has 0 aliphatic heterocycles. The van der Waals surface area contributed by atoms with Crippen molar-refractivity contribution in [2.45, 2.75) is 11.7 Å². The van der Waals surface area contributed by atoms with E-state index in [2.05, 4.69) is 22.1 Å². The minimum absolute atomic E-state index is 0.0639. The summed E-state index contributed by atoms with van der Waals surface area (Å²) in [6, 6.07) is 9.94. The molecule has 0 saturated carbocycles. The van der Waals surface area contributed by atoms with E-state index in [4.69, 9.17) is 11.6 Å². The summed E-state index contributed by atoms with van der Waals surface area (Å²) in [6.07, 6.45) is 1.61. The van der Waals surface area contributed by atoms with Crippen molar-refractivity contribution in [1.82, 2.24) is 14.8 Å². The molecule has 11 heteroatoms. The lowest BCUT2D eigenvalue weighted by Crippen LogP contribution is -2.15. The quantitative estimate of drug-likeness (QED) is 0.235. The summed E-state index contributed by atoms with van der Waals surface area (Å²) in [7, 11) is 0. The van der Waals surface area contributed by atoms with Crippen LogP contribution in [-0.2, 0) is 11.3 Å². The molecule has 1 aromatic heterocycles. The maximum atomic E-state index is 14.2. The number of benzene rings is 2. The predicted molar refractivity (Wildman–Crippen MR) is 113 cm³/mol. The smallest absolute Gasteiger partial charge is 0.271 e. The highest BCUT2D eigenvalue weighted by Crippen LogP contribution is 2.28. The van der Waals surface area contributed by atoms with E-state index >= 15 is 0 Å². The molecule has 154 valence electrons. The van der Waals surface area contributed by atoms with Crippen LogP contribution in [0.25, 0.3) is 11.4 Å². The topological polar surface area (TPSA) is 103 Å². The average Bonchev–Trinajstić information content (AvgIpc) is 3.11. The Morgan fingerprint density at radius 1 is 1.33 bits per heavy atom. The summed E-state index contributed by atoms with van der Waals surface area (Å²) in [5.41, 5.74) is 0.227. The van der Waals surface area contributed by atoms with Gasteiger partial charge in [0, 0.05) is 18.7 Å². The fourth-order valence-corrected chi connectivity index (χ4v) is 3.48. The Morgan fingerprint density at radius 2 is 2.10 bits per heavy atom. The van der Waals surface area contributed by atoms with Gasteiger partial charge in [-0.3, -0.25) is 19.5 Å². The van der Waals surface area contributed by atoms with Gasteiger partial charge in [0.25, 0.3) is 5.69 Å². The van der Waals surface area contributed by atoms with Crippen LogP contribution in [0.15, 0.2) is 60.3 Å². The van der Waals surface area contributed by atoms with E-state index in [9.17, 15) is 19.3 Å². The standard InChI is InChI=1S/C19H15ClFN5O3S/c1-2-9-25-18(13-5-3-4-6-15(13)21)23-24-19(25)30-11-17(27)22-16-10-12(26(28)29)7-8-14(16)20/h2-8,10H,1,9,11H2,(H,22,27). The summed E-state index contributed by atoms with van der Waals surface area (Å²) < 4.78 is 15.8. The summed E-state index contributed by atoms with van der Waals surface area (Å²) >= 11 is 7.08. The zero-order chi connectivity index (χ0) is 21.7. The van der Waals surface area contributed by atoms with E-state index in [0.29, 0.717) is 17.5 Å². The Labute approximate surface area is 179 Å². The second kappa shape index (κ2) is 9.51. The number of nitro benzene ring substituents is 1. The number of thioether (sulfide) groups is 1. The highest BCUT2D eigenvalue weighted by Gasteiger charge is 2.18. The van der Waals surface area contributed by atoms with E-state index in [1.54, 1.807) is 28.8 Å². The number of halogens is 2. The van der Waals surface area contributed by atoms with Gasteiger partial charge < -0.3 is 5.32 Å². The number of aromatic nitrogens is 3. The van der Waals surface area contributed by atoms with Gasteiger partial charge in [0.1, 0.15) is 5.82 Å². The van der Waals surface area contributed by atoms with Gasteiger partial charge >= 0.3 is 0 Å². The minimum Gasteiger partial charge on any atom is -0.324 e. The van der Waals surface area contributed by atoms with Crippen LogP contribution >= 0.6 is 23.4 Å². The van der Waals surface area contributed by atoms with Gasteiger partial charge in [0.05, 0.1) is 26.9 Å². The van der Waals surface area contributed by atoms with Crippen LogP contribution < -0.4 is 5.32 Å². The van der Waals surface area contributed by atoms with Crippen molar-refractivity contribution in [2.75, 3.05) is 11.1 Å². The molecule has 0 atom stereocenters. The van der Waals surface area contributed by atoms with Gasteiger partial charge in [-0.1, -0.05) is 41.6 Å². The molecule has 1 N–H and O–H groups in total. The number of nitrogens with one attached hydrogen (secondary N) is 1. The molecule has 0 aliphatic rings. The van der Waals surface area contributed by atoms with E-state index in [0.717, 1.165) is 11.8 Å². The first-order valence-electron chi connectivity index (χ1n) is 8.56. The first-order valence-corrected chi connectivity index (χ1v) is 9.92. The molecule has 0 bridgehead atoms. The molecule has 0 spiro atoms. The van der Waals surface area contributed by atoms with Crippen LogP contribution in [0.3, 0.4) is 0 Å².